The molecule has 4 aromatic rings. The molecule has 0 bridgehead atoms. The first-order valence-electron chi connectivity index (χ1n) is 14.8. The molecular formula is C35H36N4O6S. The highest BCUT2D eigenvalue weighted by atomic mass is 32.2. The Kier molecular flexibility index (Phi) is 10.0. The normalized spacial score (nSPS) is 14.3. The number of carbonyl (C=O) groups is 2. The predicted molar refractivity (Wildman–Crippen MR) is 177 cm³/mol. The molecule has 0 aliphatic heterocycles. The fraction of sp³-hybridized carbons (Fsp3) is 0.229. The van der Waals surface area contributed by atoms with Crippen molar-refractivity contribution in [3.8, 4) is 11.5 Å². The first kappa shape index (κ1) is 32.2. The van der Waals surface area contributed by atoms with Gasteiger partial charge in [-0.3, -0.25) is 19.3 Å². The number of aryl methyl sites for hydroxylation is 1. The summed E-state index contributed by atoms with van der Waals surface area (Å²) in [4.78, 5) is 31.3. The molecular weight excluding hydrogens is 604 g/mol. The lowest BCUT2D eigenvalue weighted by molar-refractivity contribution is -0.131. The van der Waals surface area contributed by atoms with E-state index in [0.717, 1.165) is 36.0 Å². The third kappa shape index (κ3) is 7.73. The smallest absolute Gasteiger partial charge is 0.265 e. The third-order valence-electron chi connectivity index (χ3n) is 7.88. The van der Waals surface area contributed by atoms with Crippen LogP contribution < -0.4 is 19.5 Å². The lowest BCUT2D eigenvalue weighted by Gasteiger charge is -2.34. The predicted octanol–water partition coefficient (Wildman–Crippen LogP) is 5.63. The molecule has 0 unspecified atom stereocenters. The summed E-state index contributed by atoms with van der Waals surface area (Å²) in [5.41, 5.74) is 4.30. The molecule has 5 rings (SSSR count). The van der Waals surface area contributed by atoms with Crippen molar-refractivity contribution >= 4 is 39.3 Å². The Morgan fingerprint density at radius 2 is 1.78 bits per heavy atom. The van der Waals surface area contributed by atoms with E-state index >= 15 is 0 Å². The summed E-state index contributed by atoms with van der Waals surface area (Å²) >= 11 is 0. The van der Waals surface area contributed by atoms with Gasteiger partial charge in [-0.1, -0.05) is 24.3 Å². The van der Waals surface area contributed by atoms with E-state index in [2.05, 4.69) is 15.0 Å². The molecule has 238 valence electrons. The molecule has 0 radical (unpaired) electrons. The maximum absolute atomic E-state index is 13.7. The molecule has 1 aliphatic rings. The van der Waals surface area contributed by atoms with Crippen LogP contribution in [0.3, 0.4) is 0 Å². The van der Waals surface area contributed by atoms with Gasteiger partial charge in [-0.2, -0.15) is 0 Å². The highest BCUT2D eigenvalue weighted by Gasteiger charge is 2.28. The topological polar surface area (TPSA) is 127 Å². The van der Waals surface area contributed by atoms with Gasteiger partial charge in [-0.15, -0.1) is 0 Å². The van der Waals surface area contributed by atoms with Crippen molar-refractivity contribution in [2.75, 3.05) is 31.3 Å². The van der Waals surface area contributed by atoms with Gasteiger partial charge in [0, 0.05) is 36.9 Å². The second kappa shape index (κ2) is 14.3. The van der Waals surface area contributed by atoms with Crippen molar-refractivity contribution in [3.05, 3.63) is 114 Å². The number of nitrogens with zero attached hydrogens (tertiary/aromatic N) is 2. The van der Waals surface area contributed by atoms with Gasteiger partial charge in [-0.25, -0.2) is 8.42 Å². The second-order valence-electron chi connectivity index (χ2n) is 10.9. The van der Waals surface area contributed by atoms with Crippen LogP contribution in [0.4, 0.5) is 11.4 Å². The first-order valence-corrected chi connectivity index (χ1v) is 16.3. The summed E-state index contributed by atoms with van der Waals surface area (Å²) in [7, 11) is 0.678. The zero-order valence-corrected chi connectivity index (χ0v) is 26.7. The van der Waals surface area contributed by atoms with Crippen LogP contribution in [0, 0.1) is 0 Å². The maximum atomic E-state index is 13.7. The van der Waals surface area contributed by atoms with Gasteiger partial charge in [0.2, 0.25) is 11.8 Å². The largest absolute Gasteiger partial charge is 0.497 e. The molecule has 0 saturated heterocycles. The van der Waals surface area contributed by atoms with Gasteiger partial charge in [0.25, 0.3) is 10.0 Å². The lowest BCUT2D eigenvalue weighted by Crippen LogP contribution is -2.34. The van der Waals surface area contributed by atoms with Crippen molar-refractivity contribution in [1.29, 1.82) is 0 Å². The van der Waals surface area contributed by atoms with Crippen molar-refractivity contribution < 1.29 is 27.5 Å². The number of ether oxygens (including phenoxy) is 2. The Hall–Kier alpha value is -5.16. The molecule has 46 heavy (non-hydrogen) atoms. The van der Waals surface area contributed by atoms with E-state index in [1.165, 1.54) is 25.3 Å². The van der Waals surface area contributed by atoms with E-state index in [9.17, 15) is 18.0 Å². The van der Waals surface area contributed by atoms with Gasteiger partial charge in [-0.05, 0) is 96.1 Å². The van der Waals surface area contributed by atoms with E-state index < -0.39 is 10.0 Å². The standard InChI is InChI=1S/C35H36N4O6S/c1-39(35(41)22-25-6-4-8-29(20-25)44-2)31-9-5-7-26-12-13-28(23-30(26)31)38-46(42,43)33-21-24(10-14-32(33)45-3)11-15-34(40)37-27-16-18-36-19-17-27/h4,6,8,10-21,23,31,38H,5,7,9,22H2,1-3H3,(H,36,37,40)/b15-11+/t31-/m1/s1. The van der Waals surface area contributed by atoms with Crippen LogP contribution in [0.2, 0.25) is 0 Å². The van der Waals surface area contributed by atoms with Crippen molar-refractivity contribution in [3.63, 3.8) is 0 Å². The average Bonchev–Trinajstić information content (AvgIpc) is 3.07. The van der Waals surface area contributed by atoms with Crippen LogP contribution in [0.25, 0.3) is 6.08 Å². The highest BCUT2D eigenvalue weighted by Crippen LogP contribution is 2.36. The van der Waals surface area contributed by atoms with Gasteiger partial charge in [0.15, 0.2) is 0 Å². The Morgan fingerprint density at radius 3 is 2.54 bits per heavy atom. The molecule has 1 aromatic heterocycles. The maximum Gasteiger partial charge on any atom is 0.265 e. The fourth-order valence-electron chi connectivity index (χ4n) is 5.50. The number of anilines is 2. The van der Waals surface area contributed by atoms with Gasteiger partial charge in [0.1, 0.15) is 16.4 Å². The van der Waals surface area contributed by atoms with Crippen molar-refractivity contribution in [2.45, 2.75) is 36.6 Å². The number of benzene rings is 3. The molecule has 1 aliphatic carbocycles. The number of fused-ring (bicyclic) bond motifs is 1. The quantitative estimate of drug-likeness (QED) is 0.204. The molecule has 0 spiro atoms. The zero-order valence-electron chi connectivity index (χ0n) is 25.9. The molecule has 1 heterocycles. The minimum Gasteiger partial charge on any atom is -0.497 e. The van der Waals surface area contributed by atoms with Gasteiger partial charge in [0.05, 0.1) is 26.7 Å². The summed E-state index contributed by atoms with van der Waals surface area (Å²) in [5, 5.41) is 2.72. The number of carbonyl (C=O) groups excluding carboxylic acids is 2. The fourth-order valence-corrected chi connectivity index (χ4v) is 6.76. The number of hydrogen-bond donors (Lipinski definition) is 2. The van der Waals surface area contributed by atoms with Crippen LogP contribution in [0.1, 0.15) is 41.1 Å². The molecule has 1 atom stereocenters. The molecule has 0 saturated carbocycles. The SMILES string of the molecule is COc1cccc(CC(=O)N(C)[C@@H]2CCCc3ccc(NS(=O)(=O)c4cc(/C=C/C(=O)Nc5ccncc5)ccc4OC)cc32)c1. The van der Waals surface area contributed by atoms with E-state index in [1.807, 2.05) is 36.4 Å². The van der Waals surface area contributed by atoms with E-state index in [4.69, 9.17) is 9.47 Å². The number of amides is 2. The van der Waals surface area contributed by atoms with Crippen LogP contribution in [0.5, 0.6) is 11.5 Å². The van der Waals surface area contributed by atoms with Gasteiger partial charge < -0.3 is 19.7 Å². The molecule has 0 fully saturated rings. The lowest BCUT2D eigenvalue weighted by atomic mass is 9.86. The summed E-state index contributed by atoms with van der Waals surface area (Å²) in [6.45, 7) is 0. The Morgan fingerprint density at radius 1 is 0.978 bits per heavy atom. The molecule has 10 nitrogen and oxygen atoms in total. The molecule has 11 heteroatoms. The minimum atomic E-state index is -4.10. The number of methoxy groups -OCH3 is 2. The van der Waals surface area contributed by atoms with Gasteiger partial charge >= 0.3 is 0 Å². The Bertz CT molecular complexity index is 1860. The third-order valence-corrected chi connectivity index (χ3v) is 9.29. The first-order chi connectivity index (χ1) is 22.2. The number of aromatic nitrogens is 1. The minimum absolute atomic E-state index is 0.0406. The van der Waals surface area contributed by atoms with E-state index in [-0.39, 0.29) is 34.9 Å². The molecule has 2 N–H and O–H groups in total. The Labute approximate surface area is 269 Å². The summed E-state index contributed by atoms with van der Waals surface area (Å²) in [6.07, 6.45) is 8.72. The Balaban J connectivity index is 1.34. The number of nitrogens with one attached hydrogen (secondary N) is 2. The summed E-state index contributed by atoms with van der Waals surface area (Å²) < 4.78 is 40.7. The summed E-state index contributed by atoms with van der Waals surface area (Å²) in [6, 6.07) is 20.7. The van der Waals surface area contributed by atoms with Crippen LogP contribution in [-0.2, 0) is 32.5 Å². The second-order valence-corrected chi connectivity index (χ2v) is 12.6. The number of hydrogen-bond acceptors (Lipinski definition) is 7. The number of rotatable bonds is 11. The molecule has 3 aromatic carbocycles. The van der Waals surface area contributed by atoms with Crippen LogP contribution in [0.15, 0.2) is 96.2 Å². The zero-order chi connectivity index (χ0) is 32.7. The number of sulfonamides is 1. The summed E-state index contributed by atoms with van der Waals surface area (Å²) in [5.74, 6) is 0.434. The number of pyridine rings is 1. The average molecular weight is 641 g/mol. The van der Waals surface area contributed by atoms with Crippen LogP contribution in [-0.4, -0.2) is 51.4 Å². The van der Waals surface area contributed by atoms with E-state index in [0.29, 0.717) is 22.7 Å². The van der Waals surface area contributed by atoms with Crippen molar-refractivity contribution in [1.82, 2.24) is 9.88 Å². The highest BCUT2D eigenvalue weighted by molar-refractivity contribution is 7.92. The van der Waals surface area contributed by atoms with E-state index in [1.54, 1.807) is 61.8 Å². The number of likely N-dealkylation sites (N-methyl/N-ethyl adjacent to an activating group) is 1. The van der Waals surface area contributed by atoms with Crippen molar-refractivity contribution in [2.24, 2.45) is 0 Å². The van der Waals surface area contributed by atoms with Crippen LogP contribution >= 0.6 is 0 Å². The monoisotopic (exact) mass is 640 g/mol. The molecule has 2 amide bonds.